The maximum absolute atomic E-state index is 5.73. The number of piperidine rings is 1. The van der Waals surface area contributed by atoms with Crippen LogP contribution >= 0.6 is 0 Å². The Morgan fingerprint density at radius 2 is 1.95 bits per heavy atom. The number of nitrogens with zero attached hydrogens (tertiary/aromatic N) is 1. The van der Waals surface area contributed by atoms with E-state index < -0.39 is 0 Å². The standard InChI is InChI=1S/C15H24N2O2/c1-18-14-4-3-13(15(9-14)19-2)11-17-7-5-12(10-16)6-8-17/h3-4,9,12H,5-8,10-11,16H2,1-2H3. The molecule has 0 radical (unpaired) electrons. The van der Waals surface area contributed by atoms with Crippen LogP contribution in [-0.2, 0) is 6.54 Å². The maximum atomic E-state index is 5.73. The SMILES string of the molecule is COc1ccc(CN2CCC(CN)CC2)c(OC)c1. The van der Waals surface area contributed by atoms with Crippen LogP contribution in [0.2, 0.25) is 0 Å². The molecule has 0 aromatic heterocycles. The summed E-state index contributed by atoms with van der Waals surface area (Å²) in [5.41, 5.74) is 6.94. The van der Waals surface area contributed by atoms with E-state index in [0.717, 1.165) is 37.7 Å². The van der Waals surface area contributed by atoms with Crippen molar-refractivity contribution in [1.82, 2.24) is 4.90 Å². The summed E-state index contributed by atoms with van der Waals surface area (Å²) in [4.78, 5) is 2.47. The normalized spacial score (nSPS) is 17.4. The Kier molecular flexibility index (Phi) is 5.05. The van der Waals surface area contributed by atoms with Crippen molar-refractivity contribution in [2.45, 2.75) is 19.4 Å². The summed E-state index contributed by atoms with van der Waals surface area (Å²) in [6.45, 7) is 4.00. The molecule has 4 nitrogen and oxygen atoms in total. The van der Waals surface area contributed by atoms with Crippen LogP contribution in [0.15, 0.2) is 18.2 Å². The molecule has 0 spiro atoms. The number of hydrogen-bond acceptors (Lipinski definition) is 4. The predicted molar refractivity (Wildman–Crippen MR) is 76.6 cm³/mol. The Bertz CT molecular complexity index is 401. The van der Waals surface area contributed by atoms with E-state index in [2.05, 4.69) is 11.0 Å². The fourth-order valence-electron chi connectivity index (χ4n) is 2.60. The van der Waals surface area contributed by atoms with Gasteiger partial charge in [0, 0.05) is 18.2 Å². The molecule has 1 fully saturated rings. The van der Waals surface area contributed by atoms with Gasteiger partial charge in [0.1, 0.15) is 11.5 Å². The van der Waals surface area contributed by atoms with Gasteiger partial charge < -0.3 is 15.2 Å². The molecule has 0 bridgehead atoms. The smallest absolute Gasteiger partial charge is 0.127 e. The van der Waals surface area contributed by atoms with Crippen LogP contribution in [0.1, 0.15) is 18.4 Å². The average molecular weight is 264 g/mol. The molecular weight excluding hydrogens is 240 g/mol. The lowest BCUT2D eigenvalue weighted by Crippen LogP contribution is -2.35. The van der Waals surface area contributed by atoms with Crippen LogP contribution in [-0.4, -0.2) is 38.8 Å². The van der Waals surface area contributed by atoms with Crippen LogP contribution in [0.25, 0.3) is 0 Å². The largest absolute Gasteiger partial charge is 0.497 e. The van der Waals surface area contributed by atoms with Crippen molar-refractivity contribution in [2.24, 2.45) is 11.7 Å². The Morgan fingerprint density at radius 3 is 2.53 bits per heavy atom. The van der Waals surface area contributed by atoms with Crippen molar-refractivity contribution in [3.63, 3.8) is 0 Å². The van der Waals surface area contributed by atoms with Gasteiger partial charge >= 0.3 is 0 Å². The van der Waals surface area contributed by atoms with Crippen LogP contribution in [0.5, 0.6) is 11.5 Å². The Morgan fingerprint density at radius 1 is 1.21 bits per heavy atom. The van der Waals surface area contributed by atoms with E-state index in [-0.39, 0.29) is 0 Å². The maximum Gasteiger partial charge on any atom is 0.127 e. The van der Waals surface area contributed by atoms with Crippen LogP contribution in [0.3, 0.4) is 0 Å². The highest BCUT2D eigenvalue weighted by molar-refractivity contribution is 5.40. The van der Waals surface area contributed by atoms with Crippen LogP contribution in [0.4, 0.5) is 0 Å². The van der Waals surface area contributed by atoms with Crippen molar-refractivity contribution in [1.29, 1.82) is 0 Å². The monoisotopic (exact) mass is 264 g/mol. The zero-order valence-electron chi connectivity index (χ0n) is 11.9. The zero-order valence-corrected chi connectivity index (χ0v) is 11.9. The number of methoxy groups -OCH3 is 2. The molecule has 4 heteroatoms. The van der Waals surface area contributed by atoms with Gasteiger partial charge in [0.15, 0.2) is 0 Å². The minimum atomic E-state index is 0.703. The van der Waals surface area contributed by atoms with E-state index in [1.165, 1.54) is 18.4 Å². The zero-order chi connectivity index (χ0) is 13.7. The van der Waals surface area contributed by atoms with Gasteiger partial charge in [0.2, 0.25) is 0 Å². The van der Waals surface area contributed by atoms with E-state index in [0.29, 0.717) is 5.92 Å². The summed E-state index contributed by atoms with van der Waals surface area (Å²) < 4.78 is 10.7. The lowest BCUT2D eigenvalue weighted by atomic mass is 9.97. The number of nitrogens with two attached hydrogens (primary N) is 1. The fourth-order valence-corrected chi connectivity index (χ4v) is 2.60. The second-order valence-corrected chi connectivity index (χ2v) is 5.13. The van der Waals surface area contributed by atoms with Gasteiger partial charge in [0.25, 0.3) is 0 Å². The molecule has 106 valence electrons. The summed E-state index contributed by atoms with van der Waals surface area (Å²) in [7, 11) is 3.38. The quantitative estimate of drug-likeness (QED) is 0.882. The lowest BCUT2D eigenvalue weighted by Gasteiger charge is -2.31. The summed E-state index contributed by atoms with van der Waals surface area (Å²) in [6.07, 6.45) is 2.41. The first-order valence-corrected chi connectivity index (χ1v) is 6.90. The van der Waals surface area contributed by atoms with Gasteiger partial charge in [-0.15, -0.1) is 0 Å². The van der Waals surface area contributed by atoms with Gasteiger partial charge in [-0.05, 0) is 44.5 Å². The van der Waals surface area contributed by atoms with Crippen molar-refractivity contribution in [3.05, 3.63) is 23.8 Å². The number of rotatable bonds is 5. The first-order valence-electron chi connectivity index (χ1n) is 6.90. The third kappa shape index (κ3) is 3.61. The molecular formula is C15H24N2O2. The molecule has 1 aliphatic heterocycles. The molecule has 1 saturated heterocycles. The summed E-state index contributed by atoms with van der Waals surface area (Å²) in [5.74, 6) is 2.44. The first kappa shape index (κ1) is 14.2. The third-order valence-electron chi connectivity index (χ3n) is 3.93. The molecule has 2 rings (SSSR count). The van der Waals surface area contributed by atoms with Gasteiger partial charge in [-0.2, -0.15) is 0 Å². The highest BCUT2D eigenvalue weighted by atomic mass is 16.5. The molecule has 0 atom stereocenters. The minimum Gasteiger partial charge on any atom is -0.497 e. The molecule has 0 unspecified atom stereocenters. The van der Waals surface area contributed by atoms with E-state index in [9.17, 15) is 0 Å². The molecule has 1 aliphatic rings. The molecule has 19 heavy (non-hydrogen) atoms. The highest BCUT2D eigenvalue weighted by Gasteiger charge is 2.19. The fraction of sp³-hybridized carbons (Fsp3) is 0.600. The van der Waals surface area contributed by atoms with E-state index in [4.69, 9.17) is 15.2 Å². The average Bonchev–Trinajstić information content (AvgIpc) is 2.48. The first-order chi connectivity index (χ1) is 9.26. The topological polar surface area (TPSA) is 47.7 Å². The Labute approximate surface area is 115 Å². The second kappa shape index (κ2) is 6.78. The second-order valence-electron chi connectivity index (χ2n) is 5.13. The molecule has 1 aromatic rings. The van der Waals surface area contributed by atoms with E-state index in [1.54, 1.807) is 14.2 Å². The predicted octanol–water partition coefficient (Wildman–Crippen LogP) is 1.87. The van der Waals surface area contributed by atoms with Crippen LogP contribution < -0.4 is 15.2 Å². The summed E-state index contributed by atoms with van der Waals surface area (Å²) >= 11 is 0. The van der Waals surface area contributed by atoms with E-state index in [1.807, 2.05) is 12.1 Å². The van der Waals surface area contributed by atoms with Gasteiger partial charge in [-0.25, -0.2) is 0 Å². The van der Waals surface area contributed by atoms with Gasteiger partial charge in [-0.1, -0.05) is 6.07 Å². The number of benzene rings is 1. The number of ether oxygens (including phenoxy) is 2. The Hall–Kier alpha value is -1.26. The molecule has 2 N–H and O–H groups in total. The molecule has 1 aromatic carbocycles. The van der Waals surface area contributed by atoms with Gasteiger partial charge in [0.05, 0.1) is 14.2 Å². The highest BCUT2D eigenvalue weighted by Crippen LogP contribution is 2.27. The van der Waals surface area contributed by atoms with Crippen molar-refractivity contribution >= 4 is 0 Å². The molecule has 0 aliphatic carbocycles. The van der Waals surface area contributed by atoms with Gasteiger partial charge in [-0.3, -0.25) is 4.90 Å². The van der Waals surface area contributed by atoms with E-state index >= 15 is 0 Å². The van der Waals surface area contributed by atoms with Crippen molar-refractivity contribution in [2.75, 3.05) is 33.9 Å². The summed E-state index contributed by atoms with van der Waals surface area (Å²) in [6, 6.07) is 6.03. The van der Waals surface area contributed by atoms with Crippen molar-refractivity contribution in [3.8, 4) is 11.5 Å². The Balaban J connectivity index is 1.99. The lowest BCUT2D eigenvalue weighted by molar-refractivity contribution is 0.179. The van der Waals surface area contributed by atoms with Crippen molar-refractivity contribution < 1.29 is 9.47 Å². The number of hydrogen-bond donors (Lipinski definition) is 1. The third-order valence-corrected chi connectivity index (χ3v) is 3.93. The van der Waals surface area contributed by atoms with Crippen LogP contribution in [0, 0.1) is 5.92 Å². The molecule has 1 heterocycles. The molecule has 0 amide bonds. The summed E-state index contributed by atoms with van der Waals surface area (Å²) in [5, 5.41) is 0. The number of likely N-dealkylation sites (tertiary alicyclic amines) is 1. The minimum absolute atomic E-state index is 0.703. The molecule has 0 saturated carbocycles.